The van der Waals surface area contributed by atoms with E-state index < -0.39 is 0 Å². The Bertz CT molecular complexity index is 203. The van der Waals surface area contributed by atoms with E-state index >= 15 is 0 Å². The molecule has 0 fully saturated rings. The average Bonchev–Trinajstić information content (AvgIpc) is 2.27. The largest absolute Gasteiger partial charge is 0.463 e. The summed E-state index contributed by atoms with van der Waals surface area (Å²) in [7, 11) is 0. The average molecular weight is 232 g/mol. The highest BCUT2D eigenvalue weighted by Gasteiger charge is 2.00. The van der Waals surface area contributed by atoms with Gasteiger partial charge < -0.3 is 14.2 Å². The number of carbonyl (C=O) groups is 2. The van der Waals surface area contributed by atoms with Gasteiger partial charge in [0.05, 0.1) is 13.2 Å². The lowest BCUT2D eigenvalue weighted by Crippen LogP contribution is -2.14. The van der Waals surface area contributed by atoms with Gasteiger partial charge in [-0.05, 0) is 6.42 Å². The van der Waals surface area contributed by atoms with Gasteiger partial charge >= 0.3 is 11.9 Å². The van der Waals surface area contributed by atoms with Gasteiger partial charge in [-0.2, -0.15) is 0 Å². The number of rotatable bonds is 9. The molecule has 0 aromatic carbocycles. The summed E-state index contributed by atoms with van der Waals surface area (Å²) in [6.45, 7) is 4.81. The maximum absolute atomic E-state index is 10.9. The Morgan fingerprint density at radius 3 is 1.94 bits per heavy atom. The number of hydrogen-bond donors (Lipinski definition) is 0. The molecule has 0 spiro atoms. The molecule has 0 amide bonds. The highest BCUT2D eigenvalue weighted by atomic mass is 16.6. The van der Waals surface area contributed by atoms with E-state index in [1.165, 1.54) is 0 Å². The van der Waals surface area contributed by atoms with Crippen LogP contribution in [0.2, 0.25) is 0 Å². The second-order valence-corrected chi connectivity index (χ2v) is 3.16. The lowest BCUT2D eigenvalue weighted by molar-refractivity contribution is -0.146. The highest BCUT2D eigenvalue weighted by Crippen LogP contribution is 1.91. The molecule has 0 aliphatic rings. The fourth-order valence-electron chi connectivity index (χ4n) is 0.909. The first-order valence-corrected chi connectivity index (χ1v) is 5.59. The molecule has 0 aromatic heterocycles. The van der Waals surface area contributed by atoms with Gasteiger partial charge in [-0.3, -0.25) is 9.59 Å². The molecule has 0 rings (SSSR count). The van der Waals surface area contributed by atoms with Crippen LogP contribution in [0.15, 0.2) is 0 Å². The lowest BCUT2D eigenvalue weighted by Gasteiger charge is -2.06. The molecule has 94 valence electrons. The van der Waals surface area contributed by atoms with Crippen LogP contribution in [-0.2, 0) is 23.8 Å². The fraction of sp³-hybridized carbons (Fsp3) is 0.818. The summed E-state index contributed by atoms with van der Waals surface area (Å²) in [4.78, 5) is 21.6. The third-order valence-electron chi connectivity index (χ3n) is 1.72. The number of hydrogen-bond acceptors (Lipinski definition) is 5. The van der Waals surface area contributed by atoms with E-state index in [0.717, 1.165) is 6.42 Å². The van der Waals surface area contributed by atoms with Crippen molar-refractivity contribution in [2.24, 2.45) is 0 Å². The van der Waals surface area contributed by atoms with Crippen molar-refractivity contribution < 1.29 is 23.8 Å². The molecule has 0 radical (unpaired) electrons. The predicted molar refractivity (Wildman–Crippen MR) is 57.9 cm³/mol. The monoisotopic (exact) mass is 232 g/mol. The van der Waals surface area contributed by atoms with Gasteiger partial charge in [0.1, 0.15) is 13.2 Å². The highest BCUT2D eigenvalue weighted by molar-refractivity contribution is 5.69. The van der Waals surface area contributed by atoms with Crippen LogP contribution in [-0.4, -0.2) is 38.4 Å². The summed E-state index contributed by atoms with van der Waals surface area (Å²) in [5.41, 5.74) is 0. The summed E-state index contributed by atoms with van der Waals surface area (Å²) >= 11 is 0. The third kappa shape index (κ3) is 9.45. The van der Waals surface area contributed by atoms with Crippen LogP contribution in [0.5, 0.6) is 0 Å². The molecule has 0 N–H and O–H groups in total. The van der Waals surface area contributed by atoms with E-state index in [1.54, 1.807) is 6.92 Å². The molecule has 0 bridgehead atoms. The minimum Gasteiger partial charge on any atom is -0.463 e. The first kappa shape index (κ1) is 14.9. The van der Waals surface area contributed by atoms with Crippen molar-refractivity contribution in [1.82, 2.24) is 0 Å². The van der Waals surface area contributed by atoms with Crippen molar-refractivity contribution >= 4 is 11.9 Å². The van der Waals surface area contributed by atoms with Gasteiger partial charge in [0, 0.05) is 12.8 Å². The molecule has 0 heterocycles. The Labute approximate surface area is 96.1 Å². The van der Waals surface area contributed by atoms with Crippen LogP contribution in [0.4, 0.5) is 0 Å². The Hall–Kier alpha value is -1.10. The maximum atomic E-state index is 10.9. The minimum absolute atomic E-state index is 0.205. The van der Waals surface area contributed by atoms with E-state index in [-0.39, 0.29) is 25.2 Å². The molecule has 5 nitrogen and oxygen atoms in total. The van der Waals surface area contributed by atoms with Gasteiger partial charge in [0.2, 0.25) is 0 Å². The summed E-state index contributed by atoms with van der Waals surface area (Å²) in [6.07, 6.45) is 1.59. The smallest absolute Gasteiger partial charge is 0.305 e. The number of carbonyl (C=O) groups excluding carboxylic acids is 2. The van der Waals surface area contributed by atoms with E-state index in [9.17, 15) is 9.59 Å². The van der Waals surface area contributed by atoms with Crippen molar-refractivity contribution in [3.05, 3.63) is 0 Å². The third-order valence-corrected chi connectivity index (χ3v) is 1.72. The molecule has 0 saturated heterocycles. The van der Waals surface area contributed by atoms with E-state index in [2.05, 4.69) is 0 Å². The zero-order chi connectivity index (χ0) is 12.2. The Morgan fingerprint density at radius 1 is 0.875 bits per heavy atom. The van der Waals surface area contributed by atoms with Crippen LogP contribution in [0.1, 0.15) is 33.1 Å². The summed E-state index contributed by atoms with van der Waals surface area (Å²) in [6, 6.07) is 0. The van der Waals surface area contributed by atoms with Gasteiger partial charge in [0.15, 0.2) is 0 Å². The molecule has 16 heavy (non-hydrogen) atoms. The van der Waals surface area contributed by atoms with Crippen LogP contribution in [0, 0.1) is 0 Å². The fourth-order valence-corrected chi connectivity index (χ4v) is 0.909. The topological polar surface area (TPSA) is 61.8 Å². The van der Waals surface area contributed by atoms with Crippen molar-refractivity contribution in [3.8, 4) is 0 Å². The van der Waals surface area contributed by atoms with Crippen LogP contribution in [0.25, 0.3) is 0 Å². The molecule has 0 saturated carbocycles. The molecule has 0 aromatic rings. The van der Waals surface area contributed by atoms with Crippen LogP contribution in [0.3, 0.4) is 0 Å². The lowest BCUT2D eigenvalue weighted by atomic mass is 10.3. The molecule has 0 aliphatic heterocycles. The standard InChI is InChI=1S/C11H20O5/c1-3-5-11(13)16-9-7-14-6-8-15-10(12)4-2/h3-9H2,1-2H3. The normalized spacial score (nSPS) is 9.88. The predicted octanol–water partition coefficient (Wildman–Crippen LogP) is 1.30. The number of esters is 2. The first-order valence-electron chi connectivity index (χ1n) is 5.59. The maximum Gasteiger partial charge on any atom is 0.305 e. The minimum atomic E-state index is -0.238. The van der Waals surface area contributed by atoms with E-state index in [1.807, 2.05) is 6.92 Å². The van der Waals surface area contributed by atoms with E-state index in [0.29, 0.717) is 26.1 Å². The summed E-state index contributed by atoms with van der Waals surface area (Å²) < 4.78 is 14.7. The first-order chi connectivity index (χ1) is 7.70. The van der Waals surface area contributed by atoms with Gasteiger partial charge in [-0.15, -0.1) is 0 Å². The van der Waals surface area contributed by atoms with Gasteiger partial charge in [-0.1, -0.05) is 13.8 Å². The van der Waals surface area contributed by atoms with Gasteiger partial charge in [0.25, 0.3) is 0 Å². The van der Waals surface area contributed by atoms with E-state index in [4.69, 9.17) is 14.2 Å². The Kier molecular flexibility index (Phi) is 9.70. The van der Waals surface area contributed by atoms with Crippen molar-refractivity contribution in [2.45, 2.75) is 33.1 Å². The van der Waals surface area contributed by atoms with Crippen LogP contribution >= 0.6 is 0 Å². The zero-order valence-electron chi connectivity index (χ0n) is 9.99. The number of ether oxygens (including phenoxy) is 3. The van der Waals surface area contributed by atoms with Crippen LogP contribution < -0.4 is 0 Å². The summed E-state index contributed by atoms with van der Waals surface area (Å²) in [5.74, 6) is -0.443. The molecule has 0 atom stereocenters. The second kappa shape index (κ2) is 10.4. The Balaban J connectivity index is 3.15. The van der Waals surface area contributed by atoms with Crippen molar-refractivity contribution in [1.29, 1.82) is 0 Å². The summed E-state index contributed by atoms with van der Waals surface area (Å²) in [5, 5.41) is 0. The zero-order valence-corrected chi connectivity index (χ0v) is 9.99. The van der Waals surface area contributed by atoms with Crippen molar-refractivity contribution in [3.63, 3.8) is 0 Å². The molecule has 0 aliphatic carbocycles. The van der Waals surface area contributed by atoms with Crippen molar-refractivity contribution in [2.75, 3.05) is 26.4 Å². The Morgan fingerprint density at radius 2 is 1.44 bits per heavy atom. The SMILES string of the molecule is CCCC(=O)OCCOCCOC(=O)CC. The molecule has 5 heteroatoms. The van der Waals surface area contributed by atoms with Gasteiger partial charge in [-0.25, -0.2) is 0 Å². The quantitative estimate of drug-likeness (QED) is 0.443. The molecular formula is C11H20O5. The molecular weight excluding hydrogens is 212 g/mol. The second-order valence-electron chi connectivity index (χ2n) is 3.16. The molecule has 0 unspecified atom stereocenters.